The Bertz CT molecular complexity index is 541. The van der Waals surface area contributed by atoms with Crippen LogP contribution in [0.3, 0.4) is 0 Å². The number of nitro groups is 1. The Morgan fingerprint density at radius 1 is 1.43 bits per heavy atom. The Balaban J connectivity index is 2.09. The number of carbonyl (C=O) groups is 1. The Morgan fingerprint density at radius 3 is 2.62 bits per heavy atom. The van der Waals surface area contributed by atoms with Crippen LogP contribution in [0.4, 0.5) is 11.4 Å². The van der Waals surface area contributed by atoms with Crippen molar-refractivity contribution in [3.05, 3.63) is 33.9 Å². The Hall–Kier alpha value is -2.19. The number of primary amides is 1. The summed E-state index contributed by atoms with van der Waals surface area (Å²) in [5.74, 6) is 5.10. The molecule has 114 valence electrons. The van der Waals surface area contributed by atoms with Crippen molar-refractivity contribution in [2.24, 2.45) is 17.5 Å². The number of nitrogens with one attached hydrogen (secondary N) is 1. The minimum Gasteiger partial charge on any atom is -0.369 e. The maximum atomic E-state index is 11.1. The highest BCUT2D eigenvalue weighted by Crippen LogP contribution is 2.29. The van der Waals surface area contributed by atoms with E-state index in [1.165, 1.54) is 6.07 Å². The number of nitrogen functional groups attached to an aromatic ring is 1. The lowest BCUT2D eigenvalue weighted by Crippen LogP contribution is -2.38. The first-order chi connectivity index (χ1) is 10.0. The van der Waals surface area contributed by atoms with Gasteiger partial charge in [-0.05, 0) is 31.5 Å². The summed E-state index contributed by atoms with van der Waals surface area (Å²) in [5, 5.41) is 11.0. The summed E-state index contributed by atoms with van der Waals surface area (Å²) in [6.45, 7) is 2.02. The molecule has 1 aromatic carbocycles. The van der Waals surface area contributed by atoms with Crippen LogP contribution in [-0.2, 0) is 11.3 Å². The number of anilines is 1. The third-order valence-corrected chi connectivity index (χ3v) is 3.85. The second-order valence-electron chi connectivity index (χ2n) is 5.17. The molecule has 1 aliphatic rings. The summed E-state index contributed by atoms with van der Waals surface area (Å²) in [7, 11) is 0. The number of carbonyl (C=O) groups excluding carboxylic acids is 1. The summed E-state index contributed by atoms with van der Waals surface area (Å²) in [6, 6.07) is 4.87. The van der Waals surface area contributed by atoms with Gasteiger partial charge in [0.2, 0.25) is 5.91 Å². The van der Waals surface area contributed by atoms with Crippen LogP contribution in [0.5, 0.6) is 0 Å². The van der Waals surface area contributed by atoms with Crippen LogP contribution in [0.25, 0.3) is 0 Å². The lowest BCUT2D eigenvalue weighted by atomic mass is 9.96. The molecule has 0 aliphatic carbocycles. The molecule has 1 saturated heterocycles. The standard InChI is InChI=1S/C13H19N5O3/c14-13(19)9-4-6-17(7-5-9)8-10-2-1-3-11(18(20)21)12(10)16-15/h1-3,9,16H,4-8,15H2,(H2,14,19). The second kappa shape index (κ2) is 6.51. The molecule has 2 rings (SSSR count). The molecule has 5 N–H and O–H groups in total. The van der Waals surface area contributed by atoms with Gasteiger partial charge < -0.3 is 11.2 Å². The zero-order valence-electron chi connectivity index (χ0n) is 11.6. The van der Waals surface area contributed by atoms with Gasteiger partial charge >= 0.3 is 0 Å². The van der Waals surface area contributed by atoms with Gasteiger partial charge in [0.05, 0.1) is 4.92 Å². The van der Waals surface area contributed by atoms with Crippen LogP contribution >= 0.6 is 0 Å². The van der Waals surface area contributed by atoms with Crippen LogP contribution in [0, 0.1) is 16.0 Å². The first kappa shape index (κ1) is 15.2. The summed E-state index contributed by atoms with van der Waals surface area (Å²) in [6.07, 6.45) is 1.44. The smallest absolute Gasteiger partial charge is 0.293 e. The molecule has 0 radical (unpaired) electrons. The first-order valence-electron chi connectivity index (χ1n) is 6.77. The number of hydrazine groups is 1. The molecule has 1 fully saturated rings. The van der Waals surface area contributed by atoms with Crippen LogP contribution in [-0.4, -0.2) is 28.8 Å². The molecule has 0 saturated carbocycles. The number of hydrogen-bond acceptors (Lipinski definition) is 6. The van der Waals surface area contributed by atoms with Crippen LogP contribution in [0.1, 0.15) is 18.4 Å². The number of nitrogens with two attached hydrogens (primary N) is 2. The topological polar surface area (TPSA) is 128 Å². The number of amides is 1. The number of para-hydroxylation sites is 1. The summed E-state index contributed by atoms with van der Waals surface area (Å²) in [5.41, 5.74) is 8.79. The van der Waals surface area contributed by atoms with E-state index in [4.69, 9.17) is 11.6 Å². The van der Waals surface area contributed by atoms with E-state index in [1.54, 1.807) is 6.07 Å². The maximum Gasteiger partial charge on any atom is 0.293 e. The largest absolute Gasteiger partial charge is 0.369 e. The Morgan fingerprint density at radius 2 is 2.10 bits per heavy atom. The molecule has 8 heteroatoms. The zero-order chi connectivity index (χ0) is 15.4. The van der Waals surface area contributed by atoms with Crippen LogP contribution < -0.4 is 17.0 Å². The van der Waals surface area contributed by atoms with E-state index < -0.39 is 4.92 Å². The number of hydrogen-bond donors (Lipinski definition) is 3. The average Bonchev–Trinajstić information content (AvgIpc) is 2.47. The fourth-order valence-electron chi connectivity index (χ4n) is 2.65. The molecule has 1 heterocycles. The van der Waals surface area contributed by atoms with Crippen molar-refractivity contribution in [2.75, 3.05) is 18.5 Å². The molecule has 1 aromatic rings. The van der Waals surface area contributed by atoms with Crippen molar-refractivity contribution in [1.82, 2.24) is 4.90 Å². The van der Waals surface area contributed by atoms with E-state index in [0.29, 0.717) is 12.2 Å². The maximum absolute atomic E-state index is 11.1. The molecule has 0 spiro atoms. The van der Waals surface area contributed by atoms with Gasteiger partial charge in [-0.15, -0.1) is 0 Å². The highest BCUT2D eigenvalue weighted by Gasteiger charge is 2.24. The van der Waals surface area contributed by atoms with E-state index in [2.05, 4.69) is 10.3 Å². The van der Waals surface area contributed by atoms with Gasteiger partial charge in [-0.3, -0.25) is 25.7 Å². The molecule has 0 unspecified atom stereocenters. The van der Waals surface area contributed by atoms with Gasteiger partial charge in [0, 0.05) is 18.5 Å². The van der Waals surface area contributed by atoms with Gasteiger partial charge in [0.25, 0.3) is 5.69 Å². The van der Waals surface area contributed by atoms with Crippen molar-refractivity contribution in [3.63, 3.8) is 0 Å². The van der Waals surface area contributed by atoms with Gasteiger partial charge in [-0.2, -0.15) is 0 Å². The van der Waals surface area contributed by atoms with Crippen molar-refractivity contribution in [2.45, 2.75) is 19.4 Å². The van der Waals surface area contributed by atoms with Crippen molar-refractivity contribution in [1.29, 1.82) is 0 Å². The molecule has 1 amide bonds. The number of rotatable bonds is 5. The van der Waals surface area contributed by atoms with Gasteiger partial charge in [-0.1, -0.05) is 12.1 Å². The molecule has 1 aliphatic heterocycles. The second-order valence-corrected chi connectivity index (χ2v) is 5.17. The molecular weight excluding hydrogens is 274 g/mol. The minimum atomic E-state index is -0.460. The third kappa shape index (κ3) is 3.47. The zero-order valence-corrected chi connectivity index (χ0v) is 11.6. The van der Waals surface area contributed by atoms with Crippen molar-refractivity contribution >= 4 is 17.3 Å². The van der Waals surface area contributed by atoms with Gasteiger partial charge in [0.1, 0.15) is 5.69 Å². The van der Waals surface area contributed by atoms with Crippen molar-refractivity contribution < 1.29 is 9.72 Å². The van der Waals surface area contributed by atoms with Crippen molar-refractivity contribution in [3.8, 4) is 0 Å². The highest BCUT2D eigenvalue weighted by atomic mass is 16.6. The Kier molecular flexibility index (Phi) is 4.71. The minimum absolute atomic E-state index is 0.0398. The van der Waals surface area contributed by atoms with E-state index in [-0.39, 0.29) is 17.5 Å². The number of piperidine rings is 1. The van der Waals surface area contributed by atoms with Gasteiger partial charge in [-0.25, -0.2) is 0 Å². The van der Waals surface area contributed by atoms with Crippen LogP contribution in [0.15, 0.2) is 18.2 Å². The SMILES string of the molecule is NNc1c(CN2CCC(C(N)=O)CC2)cccc1[N+](=O)[O-]. The quantitative estimate of drug-likeness (QED) is 0.414. The lowest BCUT2D eigenvalue weighted by molar-refractivity contribution is -0.384. The molecule has 8 nitrogen and oxygen atoms in total. The van der Waals surface area contributed by atoms with E-state index >= 15 is 0 Å². The number of nitro benzene ring substituents is 1. The molecule has 0 atom stereocenters. The monoisotopic (exact) mass is 293 g/mol. The molecule has 0 bridgehead atoms. The predicted octanol–water partition coefficient (Wildman–Crippen LogP) is 0.578. The summed E-state index contributed by atoms with van der Waals surface area (Å²) < 4.78 is 0. The first-order valence-corrected chi connectivity index (χ1v) is 6.77. The number of benzene rings is 1. The predicted molar refractivity (Wildman–Crippen MR) is 78.1 cm³/mol. The van der Waals surface area contributed by atoms with E-state index in [0.717, 1.165) is 31.5 Å². The average molecular weight is 293 g/mol. The highest BCUT2D eigenvalue weighted by molar-refractivity contribution is 5.76. The fraction of sp³-hybridized carbons (Fsp3) is 0.462. The lowest BCUT2D eigenvalue weighted by Gasteiger charge is -2.30. The van der Waals surface area contributed by atoms with E-state index in [1.807, 2.05) is 6.07 Å². The third-order valence-electron chi connectivity index (χ3n) is 3.85. The Labute approximate surface area is 122 Å². The normalized spacial score (nSPS) is 16.6. The van der Waals surface area contributed by atoms with E-state index in [9.17, 15) is 14.9 Å². The molecule has 0 aromatic heterocycles. The summed E-state index contributed by atoms with van der Waals surface area (Å²) in [4.78, 5) is 23.8. The number of nitrogens with zero attached hydrogens (tertiary/aromatic N) is 2. The number of likely N-dealkylation sites (tertiary alicyclic amines) is 1. The fourth-order valence-corrected chi connectivity index (χ4v) is 2.65. The van der Waals surface area contributed by atoms with Gasteiger partial charge in [0.15, 0.2) is 0 Å². The summed E-state index contributed by atoms with van der Waals surface area (Å²) >= 11 is 0. The van der Waals surface area contributed by atoms with Crippen LogP contribution in [0.2, 0.25) is 0 Å². The molecular formula is C13H19N5O3. The molecule has 21 heavy (non-hydrogen) atoms.